The highest BCUT2D eigenvalue weighted by molar-refractivity contribution is 7.92. The lowest BCUT2D eigenvalue weighted by molar-refractivity contribution is 0.563. The Morgan fingerprint density at radius 1 is 1.33 bits per heavy atom. The number of fused-ring (bicyclic) bond motifs is 1. The first-order valence-electron chi connectivity index (χ1n) is 6.30. The quantitative estimate of drug-likeness (QED) is 0.807. The van der Waals surface area contributed by atoms with E-state index in [0.717, 1.165) is 0 Å². The molecule has 1 fully saturated rings. The monoisotopic (exact) mass is 330 g/mol. The molecular weight excluding hydrogens is 316 g/mol. The van der Waals surface area contributed by atoms with E-state index in [0.29, 0.717) is 5.52 Å². The van der Waals surface area contributed by atoms with Gasteiger partial charge in [0.25, 0.3) is 0 Å². The van der Waals surface area contributed by atoms with Crippen molar-refractivity contribution < 1.29 is 16.8 Å². The first-order valence-corrected chi connectivity index (χ1v) is 9.60. The predicted octanol–water partition coefficient (Wildman–Crippen LogP) is -0.566. The zero-order valence-electron chi connectivity index (χ0n) is 11.2. The van der Waals surface area contributed by atoms with Crippen LogP contribution in [0.2, 0.25) is 0 Å². The van der Waals surface area contributed by atoms with E-state index >= 15 is 0 Å². The van der Waals surface area contributed by atoms with Crippen LogP contribution in [0, 0.1) is 0 Å². The van der Waals surface area contributed by atoms with Crippen molar-refractivity contribution in [2.24, 2.45) is 7.05 Å². The standard InChI is InChI=1S/C11H14N4O4S2/c1-15-12-9-3-2-4-10(11(9)13-15)21(18,19)14-8-5-6-20(16,17)7-8/h2-4,8,14H,5-7H2,1H3/t8-/m1/s1. The Hall–Kier alpha value is -1.52. The van der Waals surface area contributed by atoms with Crippen LogP contribution in [0.5, 0.6) is 0 Å². The van der Waals surface area contributed by atoms with E-state index in [9.17, 15) is 16.8 Å². The van der Waals surface area contributed by atoms with Gasteiger partial charge in [0.05, 0.1) is 11.5 Å². The van der Waals surface area contributed by atoms with Gasteiger partial charge in [-0.1, -0.05) is 6.07 Å². The molecule has 0 bridgehead atoms. The van der Waals surface area contributed by atoms with Crippen molar-refractivity contribution in [2.75, 3.05) is 11.5 Å². The molecular formula is C11H14N4O4S2. The van der Waals surface area contributed by atoms with E-state index in [2.05, 4.69) is 14.9 Å². The maximum absolute atomic E-state index is 12.4. The predicted molar refractivity (Wildman–Crippen MR) is 75.9 cm³/mol. The van der Waals surface area contributed by atoms with Crippen molar-refractivity contribution in [3.8, 4) is 0 Å². The summed E-state index contributed by atoms with van der Waals surface area (Å²) in [5.74, 6) is -0.155. The molecule has 8 nitrogen and oxygen atoms in total. The van der Waals surface area contributed by atoms with Gasteiger partial charge in [-0.15, -0.1) is 0 Å². The number of sulfonamides is 1. The normalized spacial score (nSPS) is 21.9. The van der Waals surface area contributed by atoms with Crippen LogP contribution in [0.25, 0.3) is 11.0 Å². The Balaban J connectivity index is 1.97. The maximum Gasteiger partial charge on any atom is 0.243 e. The first-order chi connectivity index (χ1) is 9.77. The number of rotatable bonds is 3. The van der Waals surface area contributed by atoms with Crippen LogP contribution in [-0.4, -0.2) is 49.4 Å². The molecule has 0 saturated carbocycles. The number of nitrogens with zero attached hydrogens (tertiary/aromatic N) is 3. The number of sulfone groups is 1. The topological polar surface area (TPSA) is 111 Å². The number of hydrogen-bond donors (Lipinski definition) is 1. The average molecular weight is 330 g/mol. The van der Waals surface area contributed by atoms with Crippen LogP contribution in [-0.2, 0) is 26.9 Å². The highest BCUT2D eigenvalue weighted by Crippen LogP contribution is 2.21. The molecule has 1 aliphatic rings. The second-order valence-corrected chi connectivity index (χ2v) is 8.95. The fourth-order valence-corrected chi connectivity index (χ4v) is 5.61. The average Bonchev–Trinajstić information content (AvgIpc) is 2.89. The third-order valence-corrected chi connectivity index (χ3v) is 6.64. The third-order valence-electron chi connectivity index (χ3n) is 3.32. The van der Waals surface area contributed by atoms with Gasteiger partial charge >= 0.3 is 0 Å². The Kier molecular flexibility index (Phi) is 3.26. The number of aromatic nitrogens is 3. The van der Waals surface area contributed by atoms with Gasteiger partial charge in [-0.2, -0.15) is 15.0 Å². The number of nitrogens with one attached hydrogen (secondary N) is 1. The van der Waals surface area contributed by atoms with E-state index in [-0.39, 0.29) is 28.3 Å². The molecule has 114 valence electrons. The summed E-state index contributed by atoms with van der Waals surface area (Å²) in [5.41, 5.74) is 0.743. The summed E-state index contributed by atoms with van der Waals surface area (Å²) in [7, 11) is -5.38. The minimum atomic E-state index is -3.84. The van der Waals surface area contributed by atoms with Crippen LogP contribution >= 0.6 is 0 Å². The summed E-state index contributed by atoms with van der Waals surface area (Å²) in [6, 6.07) is 4.09. The first kappa shape index (κ1) is 14.4. The number of benzene rings is 1. The Morgan fingerprint density at radius 3 is 2.76 bits per heavy atom. The van der Waals surface area contributed by atoms with E-state index < -0.39 is 25.9 Å². The highest BCUT2D eigenvalue weighted by Gasteiger charge is 2.32. The summed E-state index contributed by atoms with van der Waals surface area (Å²) < 4.78 is 50.2. The lowest BCUT2D eigenvalue weighted by atomic mass is 10.3. The summed E-state index contributed by atoms with van der Waals surface area (Å²) in [5, 5.41) is 8.11. The fraction of sp³-hybridized carbons (Fsp3) is 0.455. The van der Waals surface area contributed by atoms with Crippen LogP contribution in [0.15, 0.2) is 23.1 Å². The lowest BCUT2D eigenvalue weighted by Gasteiger charge is -2.11. The molecule has 21 heavy (non-hydrogen) atoms. The van der Waals surface area contributed by atoms with Crippen molar-refractivity contribution >= 4 is 30.9 Å². The second-order valence-electron chi connectivity index (χ2n) is 5.03. The van der Waals surface area contributed by atoms with E-state index in [4.69, 9.17) is 0 Å². The summed E-state index contributed by atoms with van der Waals surface area (Å²) >= 11 is 0. The molecule has 1 aromatic heterocycles. The third kappa shape index (κ3) is 2.78. The SMILES string of the molecule is Cn1nc2cccc(S(=O)(=O)N[C@@H]3CCS(=O)(=O)C3)c2n1. The van der Waals surface area contributed by atoms with E-state index in [1.165, 1.54) is 10.9 Å². The number of aryl methyl sites for hydroxylation is 1. The van der Waals surface area contributed by atoms with Crippen molar-refractivity contribution in [3.63, 3.8) is 0 Å². The number of hydrogen-bond acceptors (Lipinski definition) is 6. The molecule has 0 amide bonds. The smallest absolute Gasteiger partial charge is 0.229 e. The van der Waals surface area contributed by atoms with Gasteiger partial charge in [-0.3, -0.25) is 0 Å². The van der Waals surface area contributed by atoms with Crippen molar-refractivity contribution in [1.82, 2.24) is 19.7 Å². The zero-order chi connectivity index (χ0) is 15.3. The summed E-state index contributed by atoms with van der Waals surface area (Å²) in [4.78, 5) is 1.31. The Labute approximate surface area is 122 Å². The van der Waals surface area contributed by atoms with Crippen molar-refractivity contribution in [2.45, 2.75) is 17.4 Å². The molecule has 3 rings (SSSR count). The molecule has 0 unspecified atom stereocenters. The van der Waals surface area contributed by atoms with Crippen LogP contribution in [0.3, 0.4) is 0 Å². The van der Waals surface area contributed by atoms with Gasteiger partial charge in [0, 0.05) is 13.1 Å². The Bertz CT molecular complexity index is 901. The fourth-order valence-electron chi connectivity index (χ4n) is 2.40. The molecule has 1 saturated heterocycles. The van der Waals surface area contributed by atoms with E-state index in [1.807, 2.05) is 0 Å². The zero-order valence-corrected chi connectivity index (χ0v) is 12.9. The largest absolute Gasteiger partial charge is 0.243 e. The molecule has 1 N–H and O–H groups in total. The second kappa shape index (κ2) is 4.75. The Morgan fingerprint density at radius 2 is 2.10 bits per heavy atom. The molecule has 1 atom stereocenters. The molecule has 0 aliphatic carbocycles. The van der Waals surface area contributed by atoms with Gasteiger partial charge in [0.15, 0.2) is 9.84 Å². The van der Waals surface area contributed by atoms with Crippen LogP contribution < -0.4 is 4.72 Å². The van der Waals surface area contributed by atoms with Gasteiger partial charge in [-0.25, -0.2) is 21.6 Å². The maximum atomic E-state index is 12.4. The molecule has 10 heteroatoms. The molecule has 2 aromatic rings. The minimum Gasteiger partial charge on any atom is -0.229 e. The van der Waals surface area contributed by atoms with Crippen molar-refractivity contribution in [1.29, 1.82) is 0 Å². The molecule has 1 aliphatic heterocycles. The summed E-state index contributed by atoms with van der Waals surface area (Å²) in [6.45, 7) is 0. The van der Waals surface area contributed by atoms with Gasteiger partial charge < -0.3 is 0 Å². The van der Waals surface area contributed by atoms with E-state index in [1.54, 1.807) is 19.2 Å². The minimum absolute atomic E-state index is 0.00945. The van der Waals surface area contributed by atoms with Crippen molar-refractivity contribution in [3.05, 3.63) is 18.2 Å². The molecule has 0 radical (unpaired) electrons. The van der Waals surface area contributed by atoms with Gasteiger partial charge in [0.2, 0.25) is 10.0 Å². The van der Waals surface area contributed by atoms with Crippen LogP contribution in [0.1, 0.15) is 6.42 Å². The van der Waals surface area contributed by atoms with Gasteiger partial charge in [0.1, 0.15) is 15.9 Å². The van der Waals surface area contributed by atoms with Gasteiger partial charge in [-0.05, 0) is 18.6 Å². The molecule has 1 aromatic carbocycles. The lowest BCUT2D eigenvalue weighted by Crippen LogP contribution is -2.35. The molecule has 2 heterocycles. The molecule has 0 spiro atoms. The summed E-state index contributed by atoms with van der Waals surface area (Å²) in [6.07, 6.45) is 0.290. The highest BCUT2D eigenvalue weighted by atomic mass is 32.2. The van der Waals surface area contributed by atoms with Crippen LogP contribution in [0.4, 0.5) is 0 Å².